The Hall–Kier alpha value is -3.27. The molecule has 4 heterocycles. The number of nitrogens with zero attached hydrogens (tertiary/aromatic N) is 4. The summed E-state index contributed by atoms with van der Waals surface area (Å²) in [6.07, 6.45) is -0.380. The van der Waals surface area contributed by atoms with Crippen molar-refractivity contribution in [2.75, 3.05) is 57.3 Å². The molecule has 42 heavy (non-hydrogen) atoms. The van der Waals surface area contributed by atoms with E-state index in [1.54, 1.807) is 29.2 Å². The molecule has 0 radical (unpaired) electrons. The number of nitrogens with one attached hydrogen (secondary N) is 2. The van der Waals surface area contributed by atoms with E-state index in [0.717, 1.165) is 12.2 Å². The molecule has 0 aliphatic carbocycles. The summed E-state index contributed by atoms with van der Waals surface area (Å²) >= 11 is 6.07. The first-order valence-corrected chi connectivity index (χ1v) is 14.7. The third-order valence-corrected chi connectivity index (χ3v) is 8.73. The zero-order chi connectivity index (χ0) is 30.2. The highest BCUT2D eigenvalue weighted by atomic mass is 35.5. The summed E-state index contributed by atoms with van der Waals surface area (Å²) < 4.78 is 5.51. The summed E-state index contributed by atoms with van der Waals surface area (Å²) in [6.45, 7) is 10.5. The first-order chi connectivity index (χ1) is 19.9. The van der Waals surface area contributed by atoms with E-state index < -0.39 is 17.4 Å². The van der Waals surface area contributed by atoms with Crippen molar-refractivity contribution in [1.82, 2.24) is 20.1 Å². The summed E-state index contributed by atoms with van der Waals surface area (Å²) in [6, 6.07) is 9.28. The molecule has 4 N–H and O–H groups in total. The number of primary amides is 1. The lowest BCUT2D eigenvalue weighted by Gasteiger charge is -2.43. The highest BCUT2D eigenvalue weighted by Gasteiger charge is 2.41. The van der Waals surface area contributed by atoms with Gasteiger partial charge in [-0.25, -0.2) is 0 Å². The Morgan fingerprint density at radius 1 is 1.24 bits per heavy atom. The second-order valence-corrected chi connectivity index (χ2v) is 12.7. The van der Waals surface area contributed by atoms with Gasteiger partial charge in [0.15, 0.2) is 0 Å². The van der Waals surface area contributed by atoms with Crippen molar-refractivity contribution in [2.24, 2.45) is 5.73 Å². The predicted octanol–water partition coefficient (Wildman–Crippen LogP) is 0.963. The molecule has 11 nitrogen and oxygen atoms in total. The number of carbonyl (C=O) groups is 2. The van der Waals surface area contributed by atoms with Gasteiger partial charge < -0.3 is 25.7 Å². The van der Waals surface area contributed by atoms with Crippen LogP contribution < -0.4 is 21.5 Å². The first kappa shape index (κ1) is 30.2. The fraction of sp³-hybridized carbons (Fsp3) is 0.533. The number of carbonyl (C=O) groups excluding carboxylic acids is 2. The number of benzene rings is 1. The van der Waals surface area contributed by atoms with Gasteiger partial charge in [0.1, 0.15) is 6.10 Å². The van der Waals surface area contributed by atoms with Gasteiger partial charge in [0, 0.05) is 79.5 Å². The molecular formula is C30H38ClN7O4. The Bertz CT molecular complexity index is 1470. The molecule has 2 saturated heterocycles. The van der Waals surface area contributed by atoms with Crippen molar-refractivity contribution in [2.45, 2.75) is 50.8 Å². The molecule has 3 aliphatic rings. The number of hydrogen-bond acceptors (Lipinski definition) is 8. The van der Waals surface area contributed by atoms with E-state index in [1.807, 2.05) is 13.8 Å². The number of rotatable bonds is 7. The van der Waals surface area contributed by atoms with Crippen LogP contribution in [0.1, 0.15) is 43.2 Å². The molecular weight excluding hydrogens is 558 g/mol. The number of aromatic amines is 1. The SMILES string of the molecule is C[C@@H]1CN(CC(=O)N2CC(C)(C)c3[nH]c(=O)c(Cc4ccc(Cl)cc4C#N)cc32)[C@@H](CN2CCOC(C(N)=O)C2)CN1. The molecule has 5 rings (SSSR count). The number of amides is 2. The first-order valence-electron chi connectivity index (χ1n) is 14.3. The fourth-order valence-corrected chi connectivity index (χ4v) is 6.39. The Morgan fingerprint density at radius 2 is 2.02 bits per heavy atom. The highest BCUT2D eigenvalue weighted by molar-refractivity contribution is 6.30. The second kappa shape index (κ2) is 12.1. The Morgan fingerprint density at radius 3 is 2.76 bits per heavy atom. The maximum Gasteiger partial charge on any atom is 0.251 e. The number of nitriles is 1. The molecule has 2 fully saturated rings. The van der Waals surface area contributed by atoms with Crippen molar-refractivity contribution in [1.29, 1.82) is 5.26 Å². The quantitative estimate of drug-likeness (QED) is 0.429. The monoisotopic (exact) mass is 595 g/mol. The number of morpholine rings is 1. The maximum atomic E-state index is 14.0. The van der Waals surface area contributed by atoms with Crippen molar-refractivity contribution >= 4 is 29.1 Å². The molecule has 3 atom stereocenters. The molecule has 12 heteroatoms. The van der Waals surface area contributed by atoms with Gasteiger partial charge in [0.05, 0.1) is 30.5 Å². The van der Waals surface area contributed by atoms with Gasteiger partial charge in [-0.3, -0.25) is 24.2 Å². The lowest BCUT2D eigenvalue weighted by atomic mass is 9.90. The van der Waals surface area contributed by atoms with Gasteiger partial charge in [0.2, 0.25) is 11.8 Å². The van der Waals surface area contributed by atoms with E-state index in [4.69, 9.17) is 22.1 Å². The number of nitrogens with two attached hydrogens (primary N) is 1. The maximum absolute atomic E-state index is 14.0. The van der Waals surface area contributed by atoms with Crippen molar-refractivity contribution in [3.8, 4) is 6.07 Å². The number of aromatic nitrogens is 1. The van der Waals surface area contributed by atoms with Gasteiger partial charge in [-0.15, -0.1) is 0 Å². The van der Waals surface area contributed by atoms with Crippen LogP contribution >= 0.6 is 11.6 Å². The number of H-pyrrole nitrogens is 1. The third kappa shape index (κ3) is 6.38. The molecule has 3 aliphatic heterocycles. The third-order valence-electron chi connectivity index (χ3n) is 8.49. The molecule has 2 amide bonds. The van der Waals surface area contributed by atoms with Gasteiger partial charge in [-0.2, -0.15) is 5.26 Å². The van der Waals surface area contributed by atoms with Crippen LogP contribution in [-0.4, -0.2) is 97.2 Å². The summed E-state index contributed by atoms with van der Waals surface area (Å²) in [5.74, 6) is -0.505. The summed E-state index contributed by atoms with van der Waals surface area (Å²) in [5, 5.41) is 13.6. The minimum atomic E-state index is -0.624. The molecule has 2 aromatic rings. The van der Waals surface area contributed by atoms with Crippen LogP contribution in [0.15, 0.2) is 29.1 Å². The van der Waals surface area contributed by atoms with E-state index in [0.29, 0.717) is 66.7 Å². The van der Waals surface area contributed by atoms with Crippen molar-refractivity contribution in [3.63, 3.8) is 0 Å². The highest BCUT2D eigenvalue weighted by Crippen LogP contribution is 2.39. The van der Waals surface area contributed by atoms with Crippen LogP contribution in [0.25, 0.3) is 0 Å². The zero-order valence-electron chi connectivity index (χ0n) is 24.3. The number of pyridine rings is 1. The molecule has 224 valence electrons. The van der Waals surface area contributed by atoms with E-state index >= 15 is 0 Å². The van der Waals surface area contributed by atoms with Crippen LogP contribution in [0.3, 0.4) is 0 Å². The summed E-state index contributed by atoms with van der Waals surface area (Å²) in [5.41, 5.74) is 7.84. The van der Waals surface area contributed by atoms with E-state index in [2.05, 4.69) is 33.1 Å². The van der Waals surface area contributed by atoms with Crippen LogP contribution in [0, 0.1) is 11.3 Å². The molecule has 1 aromatic heterocycles. The van der Waals surface area contributed by atoms with Gasteiger partial charge >= 0.3 is 0 Å². The van der Waals surface area contributed by atoms with Crippen molar-refractivity contribution < 1.29 is 14.3 Å². The lowest BCUT2D eigenvalue weighted by molar-refractivity contribution is -0.135. The minimum absolute atomic E-state index is 0.0416. The Balaban J connectivity index is 1.36. The largest absolute Gasteiger partial charge is 0.367 e. The van der Waals surface area contributed by atoms with Crippen LogP contribution in [0.2, 0.25) is 5.02 Å². The summed E-state index contributed by atoms with van der Waals surface area (Å²) in [7, 11) is 0. The van der Waals surface area contributed by atoms with Gasteiger partial charge in [-0.05, 0) is 30.7 Å². The average Bonchev–Trinajstić information content (AvgIpc) is 3.21. The fourth-order valence-electron chi connectivity index (χ4n) is 6.22. The second-order valence-electron chi connectivity index (χ2n) is 12.3. The Labute approximate surface area is 250 Å². The number of fused-ring (bicyclic) bond motifs is 1. The number of anilines is 1. The predicted molar refractivity (Wildman–Crippen MR) is 160 cm³/mol. The molecule has 0 bridgehead atoms. The number of hydrogen-bond donors (Lipinski definition) is 3. The van der Waals surface area contributed by atoms with E-state index in [9.17, 15) is 19.6 Å². The normalized spacial score (nSPS) is 24.3. The number of halogens is 1. The van der Waals surface area contributed by atoms with Crippen LogP contribution in [0.4, 0.5) is 5.69 Å². The van der Waals surface area contributed by atoms with Gasteiger partial charge in [0.25, 0.3) is 5.56 Å². The van der Waals surface area contributed by atoms with E-state index in [1.165, 1.54) is 0 Å². The smallest absolute Gasteiger partial charge is 0.251 e. The molecule has 0 saturated carbocycles. The topological polar surface area (TPSA) is 148 Å². The molecule has 0 spiro atoms. The van der Waals surface area contributed by atoms with Crippen LogP contribution in [0.5, 0.6) is 0 Å². The number of ether oxygens (including phenoxy) is 1. The summed E-state index contributed by atoms with van der Waals surface area (Å²) in [4.78, 5) is 48.0. The lowest BCUT2D eigenvalue weighted by Crippen LogP contribution is -2.62. The van der Waals surface area contributed by atoms with E-state index in [-0.39, 0.29) is 36.5 Å². The number of piperazine rings is 1. The molecule has 1 unspecified atom stereocenters. The van der Waals surface area contributed by atoms with Crippen LogP contribution in [-0.2, 0) is 26.2 Å². The standard InChI is InChI=1S/C30H38ClN7O4/c1-18-13-37(23(12-34-18)14-36-6-7-42-25(15-36)28(33)40)16-26(39)38-17-30(2,3)27-24(38)10-20(29(41)35-27)8-19-4-5-22(31)9-21(19)11-32/h4-5,9-10,18,23,25,34H,6-8,12-17H2,1-3H3,(H2,33,40)(H,35,41)/t18-,23-,25?/m1/s1. The minimum Gasteiger partial charge on any atom is -0.367 e. The molecule has 1 aromatic carbocycles. The van der Waals surface area contributed by atoms with Crippen molar-refractivity contribution in [3.05, 3.63) is 62.0 Å². The average molecular weight is 596 g/mol. The zero-order valence-corrected chi connectivity index (χ0v) is 25.0. The Kier molecular flexibility index (Phi) is 8.73. The van der Waals surface area contributed by atoms with Gasteiger partial charge in [-0.1, -0.05) is 31.5 Å².